The van der Waals surface area contributed by atoms with Gasteiger partial charge in [0.25, 0.3) is 0 Å². The zero-order valence-corrected chi connectivity index (χ0v) is 13.5. The van der Waals surface area contributed by atoms with Crippen molar-refractivity contribution in [3.05, 3.63) is 27.3 Å². The number of carbonyl (C=O) groups is 1. The van der Waals surface area contributed by atoms with Gasteiger partial charge in [0.05, 0.1) is 15.7 Å². The maximum absolute atomic E-state index is 10.8. The molecule has 106 valence electrons. The van der Waals surface area contributed by atoms with Crippen molar-refractivity contribution in [1.29, 1.82) is 0 Å². The van der Waals surface area contributed by atoms with Crippen LogP contribution in [0.2, 0.25) is 0 Å². The molecule has 4 heteroatoms. The molecule has 1 aromatic carbocycles. The van der Waals surface area contributed by atoms with Gasteiger partial charge in [0.1, 0.15) is 5.75 Å². The highest BCUT2D eigenvalue weighted by atomic mass is 127. The van der Waals surface area contributed by atoms with Gasteiger partial charge in [-0.15, -0.1) is 0 Å². The first-order chi connectivity index (χ1) is 9.15. The highest BCUT2D eigenvalue weighted by Gasteiger charge is 2.07. The fourth-order valence-corrected chi connectivity index (χ4v) is 2.49. The van der Waals surface area contributed by atoms with Crippen LogP contribution in [-0.2, 0) is 0 Å². The second-order valence-corrected chi connectivity index (χ2v) is 5.73. The number of halogens is 1. The van der Waals surface area contributed by atoms with E-state index in [2.05, 4.69) is 29.5 Å². The van der Waals surface area contributed by atoms with Gasteiger partial charge >= 0.3 is 5.97 Å². The second-order valence-electron chi connectivity index (χ2n) is 4.57. The Morgan fingerprint density at radius 3 is 2.53 bits per heavy atom. The van der Waals surface area contributed by atoms with Gasteiger partial charge in [-0.05, 0) is 47.2 Å². The second kappa shape index (κ2) is 9.18. The van der Waals surface area contributed by atoms with Gasteiger partial charge in [-0.2, -0.15) is 0 Å². The highest BCUT2D eigenvalue weighted by Crippen LogP contribution is 2.22. The van der Waals surface area contributed by atoms with Gasteiger partial charge in [0.2, 0.25) is 0 Å². The number of benzene rings is 1. The van der Waals surface area contributed by atoms with Crippen LogP contribution in [0.15, 0.2) is 18.2 Å². The molecule has 0 aliphatic heterocycles. The van der Waals surface area contributed by atoms with Crippen molar-refractivity contribution < 1.29 is 14.6 Å². The van der Waals surface area contributed by atoms with Gasteiger partial charge in [-0.3, -0.25) is 0 Å². The summed E-state index contributed by atoms with van der Waals surface area (Å²) in [5, 5.41) is 8.87. The van der Waals surface area contributed by atoms with E-state index in [4.69, 9.17) is 9.84 Å². The van der Waals surface area contributed by atoms with Gasteiger partial charge < -0.3 is 9.84 Å². The Hall–Kier alpha value is -0.780. The summed E-state index contributed by atoms with van der Waals surface area (Å²) in [4.78, 5) is 10.8. The first-order valence-corrected chi connectivity index (χ1v) is 7.88. The Bertz CT molecular complexity index is 404. The standard InChI is InChI=1S/C15H21IO3/c1-2-3-4-5-6-7-10-19-14-9-8-12(15(17)18)11-13(14)16/h8-9,11H,2-7,10H2,1H3,(H,17,18). The molecule has 0 aliphatic rings. The van der Waals surface area contributed by atoms with Crippen molar-refractivity contribution in [3.8, 4) is 5.75 Å². The fourth-order valence-electron chi connectivity index (χ4n) is 1.82. The minimum atomic E-state index is -0.902. The van der Waals surface area contributed by atoms with Crippen molar-refractivity contribution in [2.75, 3.05) is 6.61 Å². The molecule has 0 aromatic heterocycles. The predicted molar refractivity (Wildman–Crippen MR) is 85.0 cm³/mol. The normalized spacial score (nSPS) is 10.4. The molecule has 0 saturated heterocycles. The molecule has 1 aromatic rings. The zero-order chi connectivity index (χ0) is 14.1. The van der Waals surface area contributed by atoms with E-state index in [0.717, 1.165) is 15.7 Å². The summed E-state index contributed by atoms with van der Waals surface area (Å²) in [6, 6.07) is 4.96. The third kappa shape index (κ3) is 6.27. The van der Waals surface area contributed by atoms with Crippen LogP contribution in [0.5, 0.6) is 5.75 Å². The number of unbranched alkanes of at least 4 members (excludes halogenated alkanes) is 5. The lowest BCUT2D eigenvalue weighted by atomic mass is 10.1. The van der Waals surface area contributed by atoms with E-state index < -0.39 is 5.97 Å². The molecule has 0 bridgehead atoms. The van der Waals surface area contributed by atoms with E-state index in [1.807, 2.05) is 0 Å². The molecule has 0 spiro atoms. The molecule has 0 atom stereocenters. The molecule has 0 fully saturated rings. The Balaban J connectivity index is 2.28. The van der Waals surface area contributed by atoms with E-state index in [9.17, 15) is 4.79 Å². The lowest BCUT2D eigenvalue weighted by molar-refractivity contribution is 0.0696. The average Bonchev–Trinajstić information content (AvgIpc) is 2.39. The van der Waals surface area contributed by atoms with E-state index >= 15 is 0 Å². The Labute approximate surface area is 128 Å². The summed E-state index contributed by atoms with van der Waals surface area (Å²) < 4.78 is 6.53. The van der Waals surface area contributed by atoms with Crippen LogP contribution in [0, 0.1) is 3.57 Å². The van der Waals surface area contributed by atoms with Crippen molar-refractivity contribution >= 4 is 28.6 Å². The highest BCUT2D eigenvalue weighted by molar-refractivity contribution is 14.1. The predicted octanol–water partition coefficient (Wildman–Crippen LogP) is 4.73. The molecule has 0 aliphatic carbocycles. The molecular formula is C15H21IO3. The zero-order valence-electron chi connectivity index (χ0n) is 11.3. The number of carboxylic acid groups (broad SMARTS) is 1. The summed E-state index contributed by atoms with van der Waals surface area (Å²) in [7, 11) is 0. The molecule has 19 heavy (non-hydrogen) atoms. The average molecular weight is 376 g/mol. The summed E-state index contributed by atoms with van der Waals surface area (Å²) in [6.45, 7) is 2.92. The van der Waals surface area contributed by atoms with Crippen molar-refractivity contribution in [1.82, 2.24) is 0 Å². The van der Waals surface area contributed by atoms with E-state index in [1.165, 1.54) is 32.1 Å². The van der Waals surface area contributed by atoms with E-state index in [-0.39, 0.29) is 0 Å². The van der Waals surface area contributed by atoms with Crippen LogP contribution in [0.4, 0.5) is 0 Å². The van der Waals surface area contributed by atoms with Crippen molar-refractivity contribution in [2.45, 2.75) is 45.4 Å². The third-order valence-corrected chi connectivity index (χ3v) is 3.78. The Morgan fingerprint density at radius 1 is 1.21 bits per heavy atom. The molecular weight excluding hydrogens is 355 g/mol. The lowest BCUT2D eigenvalue weighted by Crippen LogP contribution is -2.01. The van der Waals surface area contributed by atoms with Crippen LogP contribution in [0.1, 0.15) is 55.8 Å². The number of hydrogen-bond donors (Lipinski definition) is 1. The molecule has 0 radical (unpaired) electrons. The van der Waals surface area contributed by atoms with Crippen LogP contribution >= 0.6 is 22.6 Å². The van der Waals surface area contributed by atoms with Gasteiger partial charge in [0, 0.05) is 0 Å². The summed E-state index contributed by atoms with van der Waals surface area (Å²) >= 11 is 2.11. The van der Waals surface area contributed by atoms with Crippen LogP contribution in [0.25, 0.3) is 0 Å². The first-order valence-electron chi connectivity index (χ1n) is 6.80. The topological polar surface area (TPSA) is 46.5 Å². The van der Waals surface area contributed by atoms with Gasteiger partial charge in [-0.1, -0.05) is 39.0 Å². The number of carboxylic acids is 1. The Kier molecular flexibility index (Phi) is 7.86. The van der Waals surface area contributed by atoms with Crippen molar-refractivity contribution in [3.63, 3.8) is 0 Å². The van der Waals surface area contributed by atoms with Crippen molar-refractivity contribution in [2.24, 2.45) is 0 Å². The van der Waals surface area contributed by atoms with E-state index in [0.29, 0.717) is 12.2 Å². The maximum atomic E-state index is 10.8. The lowest BCUT2D eigenvalue weighted by Gasteiger charge is -2.08. The monoisotopic (exact) mass is 376 g/mol. The summed E-state index contributed by atoms with van der Waals surface area (Å²) in [6.07, 6.45) is 7.41. The summed E-state index contributed by atoms with van der Waals surface area (Å²) in [5.41, 5.74) is 0.302. The molecule has 0 unspecified atom stereocenters. The minimum absolute atomic E-state index is 0.302. The van der Waals surface area contributed by atoms with Gasteiger partial charge in [-0.25, -0.2) is 4.79 Å². The van der Waals surface area contributed by atoms with E-state index in [1.54, 1.807) is 18.2 Å². The summed E-state index contributed by atoms with van der Waals surface area (Å²) in [5.74, 6) is -0.125. The molecule has 3 nitrogen and oxygen atoms in total. The quantitative estimate of drug-likeness (QED) is 0.501. The first kappa shape index (κ1) is 16.3. The number of ether oxygens (including phenoxy) is 1. The van der Waals surface area contributed by atoms with Gasteiger partial charge in [0.15, 0.2) is 0 Å². The number of rotatable bonds is 9. The number of aromatic carboxylic acids is 1. The molecule has 1 N–H and O–H groups in total. The SMILES string of the molecule is CCCCCCCCOc1ccc(C(=O)O)cc1I. The fraction of sp³-hybridized carbons (Fsp3) is 0.533. The van der Waals surface area contributed by atoms with Crippen LogP contribution in [-0.4, -0.2) is 17.7 Å². The van der Waals surface area contributed by atoms with Crippen LogP contribution in [0.3, 0.4) is 0 Å². The molecule has 0 amide bonds. The maximum Gasteiger partial charge on any atom is 0.335 e. The third-order valence-electron chi connectivity index (χ3n) is 2.93. The minimum Gasteiger partial charge on any atom is -0.492 e. The van der Waals surface area contributed by atoms with Crippen LogP contribution < -0.4 is 4.74 Å². The number of hydrogen-bond acceptors (Lipinski definition) is 2. The molecule has 1 rings (SSSR count). The smallest absolute Gasteiger partial charge is 0.335 e. The Morgan fingerprint density at radius 2 is 1.89 bits per heavy atom. The largest absolute Gasteiger partial charge is 0.492 e. The molecule has 0 heterocycles. The molecule has 0 saturated carbocycles.